The van der Waals surface area contributed by atoms with Crippen molar-refractivity contribution in [1.29, 1.82) is 0 Å². The molecular formula is C12H19NO2. The molecule has 3 heteroatoms. The topological polar surface area (TPSA) is 46.0 Å². The minimum Gasteiger partial charge on any atom is -0.383 e. The van der Waals surface area contributed by atoms with Crippen molar-refractivity contribution < 1.29 is 4.52 Å². The van der Waals surface area contributed by atoms with Gasteiger partial charge in [-0.15, -0.1) is 0 Å². The molecule has 0 aliphatic heterocycles. The summed E-state index contributed by atoms with van der Waals surface area (Å²) in [4.78, 5) is 11.0. The van der Waals surface area contributed by atoms with E-state index in [1.165, 1.54) is 12.8 Å². The molecule has 1 fully saturated rings. The normalized spacial score (nSPS) is 27.1. The van der Waals surface area contributed by atoms with E-state index in [4.69, 9.17) is 4.52 Å². The predicted molar refractivity (Wildman–Crippen MR) is 58.9 cm³/mol. The van der Waals surface area contributed by atoms with Gasteiger partial charge >= 0.3 is 0 Å². The van der Waals surface area contributed by atoms with Gasteiger partial charge in [-0.3, -0.25) is 4.79 Å². The molecule has 1 aromatic rings. The van der Waals surface area contributed by atoms with Gasteiger partial charge in [0.15, 0.2) is 0 Å². The molecule has 1 N–H and O–H groups in total. The Balaban J connectivity index is 1.96. The molecule has 0 spiro atoms. The zero-order chi connectivity index (χ0) is 10.8. The smallest absolute Gasteiger partial charge is 0.280 e. The fourth-order valence-corrected chi connectivity index (χ4v) is 2.57. The zero-order valence-electron chi connectivity index (χ0n) is 9.45. The lowest BCUT2D eigenvalue weighted by molar-refractivity contribution is 0.234. The number of aromatic nitrogens is 1. The molecule has 3 nitrogen and oxygen atoms in total. The molecule has 0 saturated heterocycles. The molecular weight excluding hydrogens is 190 g/mol. The number of hydrogen-bond donors (Lipinski definition) is 1. The van der Waals surface area contributed by atoms with Gasteiger partial charge in [0.25, 0.3) is 5.56 Å². The standard InChI is InChI=1S/C12H19NO2/c1-8(2)9-3-5-10(6-4-9)11-7-12(14)13-15-11/h7-10H,3-6H2,1-2H3,(H,13,14). The second-order valence-corrected chi connectivity index (χ2v) is 4.97. The van der Waals surface area contributed by atoms with Crippen molar-refractivity contribution in [2.75, 3.05) is 0 Å². The van der Waals surface area contributed by atoms with Crippen LogP contribution in [0.1, 0.15) is 51.2 Å². The van der Waals surface area contributed by atoms with Crippen LogP contribution in [-0.2, 0) is 0 Å². The van der Waals surface area contributed by atoms with Crippen LogP contribution >= 0.6 is 0 Å². The van der Waals surface area contributed by atoms with E-state index in [1.807, 2.05) is 0 Å². The Morgan fingerprint density at radius 3 is 2.47 bits per heavy atom. The van der Waals surface area contributed by atoms with Gasteiger partial charge < -0.3 is 4.52 Å². The number of hydrogen-bond acceptors (Lipinski definition) is 2. The monoisotopic (exact) mass is 209 g/mol. The van der Waals surface area contributed by atoms with Gasteiger partial charge in [0, 0.05) is 12.0 Å². The maximum atomic E-state index is 11.0. The highest BCUT2D eigenvalue weighted by molar-refractivity contribution is 5.03. The van der Waals surface area contributed by atoms with Crippen LogP contribution in [0.3, 0.4) is 0 Å². The first-order valence-electron chi connectivity index (χ1n) is 5.85. The van der Waals surface area contributed by atoms with Crippen LogP contribution < -0.4 is 5.56 Å². The Morgan fingerprint density at radius 1 is 1.33 bits per heavy atom. The largest absolute Gasteiger partial charge is 0.383 e. The third-order valence-corrected chi connectivity index (χ3v) is 3.66. The van der Waals surface area contributed by atoms with Crippen molar-refractivity contribution in [3.8, 4) is 0 Å². The summed E-state index contributed by atoms with van der Waals surface area (Å²) in [6, 6.07) is 1.60. The minimum atomic E-state index is -0.115. The van der Waals surface area contributed by atoms with Crippen molar-refractivity contribution in [3.05, 3.63) is 22.2 Å². The van der Waals surface area contributed by atoms with Gasteiger partial charge in [-0.05, 0) is 37.5 Å². The number of aromatic amines is 1. The minimum absolute atomic E-state index is 0.115. The number of nitrogens with one attached hydrogen (secondary N) is 1. The van der Waals surface area contributed by atoms with Gasteiger partial charge in [0.05, 0.1) is 0 Å². The number of rotatable bonds is 2. The average Bonchev–Trinajstić information content (AvgIpc) is 2.65. The van der Waals surface area contributed by atoms with Crippen LogP contribution in [0.15, 0.2) is 15.4 Å². The van der Waals surface area contributed by atoms with Crippen LogP contribution in [0.4, 0.5) is 0 Å². The molecule has 1 heterocycles. The Bertz CT molecular complexity index is 356. The van der Waals surface area contributed by atoms with Crippen molar-refractivity contribution in [1.82, 2.24) is 5.16 Å². The lowest BCUT2D eigenvalue weighted by Crippen LogP contribution is -2.17. The second kappa shape index (κ2) is 4.25. The maximum absolute atomic E-state index is 11.0. The van der Waals surface area contributed by atoms with E-state index in [9.17, 15) is 4.79 Å². The highest BCUT2D eigenvalue weighted by Gasteiger charge is 2.26. The van der Waals surface area contributed by atoms with E-state index < -0.39 is 0 Å². The fourth-order valence-electron chi connectivity index (χ4n) is 2.57. The van der Waals surface area contributed by atoms with Crippen molar-refractivity contribution in [2.45, 2.75) is 45.4 Å². The van der Waals surface area contributed by atoms with E-state index in [0.717, 1.165) is 30.4 Å². The molecule has 1 saturated carbocycles. The molecule has 1 aliphatic carbocycles. The fraction of sp³-hybridized carbons (Fsp3) is 0.750. The third kappa shape index (κ3) is 2.33. The highest BCUT2D eigenvalue weighted by atomic mass is 16.5. The lowest BCUT2D eigenvalue weighted by atomic mass is 9.76. The molecule has 0 unspecified atom stereocenters. The molecule has 0 atom stereocenters. The van der Waals surface area contributed by atoms with Gasteiger partial charge in [-0.1, -0.05) is 13.8 Å². The maximum Gasteiger partial charge on any atom is 0.280 e. The van der Waals surface area contributed by atoms with Crippen molar-refractivity contribution >= 4 is 0 Å². The highest BCUT2D eigenvalue weighted by Crippen LogP contribution is 2.37. The Morgan fingerprint density at radius 2 is 2.00 bits per heavy atom. The first kappa shape index (κ1) is 10.5. The molecule has 84 valence electrons. The van der Waals surface area contributed by atoms with Gasteiger partial charge in [0.1, 0.15) is 5.76 Å². The quantitative estimate of drug-likeness (QED) is 0.814. The zero-order valence-corrected chi connectivity index (χ0v) is 9.45. The molecule has 2 rings (SSSR count). The molecule has 0 bridgehead atoms. The Labute approximate surface area is 89.8 Å². The van der Waals surface area contributed by atoms with Gasteiger partial charge in [-0.2, -0.15) is 5.16 Å². The Hall–Kier alpha value is -0.990. The van der Waals surface area contributed by atoms with Gasteiger partial charge in [0.2, 0.25) is 0 Å². The molecule has 0 amide bonds. The van der Waals surface area contributed by atoms with Crippen molar-refractivity contribution in [2.24, 2.45) is 11.8 Å². The summed E-state index contributed by atoms with van der Waals surface area (Å²) in [5, 5.41) is 2.37. The summed E-state index contributed by atoms with van der Waals surface area (Å²) < 4.78 is 5.16. The summed E-state index contributed by atoms with van der Waals surface area (Å²) in [6.07, 6.45) is 4.84. The number of H-pyrrole nitrogens is 1. The van der Waals surface area contributed by atoms with Gasteiger partial charge in [-0.25, -0.2) is 0 Å². The third-order valence-electron chi connectivity index (χ3n) is 3.66. The van der Waals surface area contributed by atoms with Crippen LogP contribution in [0.25, 0.3) is 0 Å². The average molecular weight is 209 g/mol. The van der Waals surface area contributed by atoms with Crippen LogP contribution in [0.2, 0.25) is 0 Å². The van der Waals surface area contributed by atoms with E-state index >= 15 is 0 Å². The first-order valence-corrected chi connectivity index (χ1v) is 5.85. The molecule has 0 aromatic carbocycles. The van der Waals surface area contributed by atoms with Crippen molar-refractivity contribution in [3.63, 3.8) is 0 Å². The van der Waals surface area contributed by atoms with E-state index in [0.29, 0.717) is 5.92 Å². The molecule has 1 aromatic heterocycles. The van der Waals surface area contributed by atoms with Crippen LogP contribution in [0.5, 0.6) is 0 Å². The van der Waals surface area contributed by atoms with Crippen LogP contribution in [-0.4, -0.2) is 5.16 Å². The summed E-state index contributed by atoms with van der Waals surface area (Å²) >= 11 is 0. The van der Waals surface area contributed by atoms with E-state index in [2.05, 4.69) is 19.0 Å². The van der Waals surface area contributed by atoms with E-state index in [1.54, 1.807) is 6.07 Å². The Kier molecular flexibility index (Phi) is 2.98. The summed E-state index contributed by atoms with van der Waals surface area (Å²) in [5.41, 5.74) is -0.115. The second-order valence-electron chi connectivity index (χ2n) is 4.97. The van der Waals surface area contributed by atoms with E-state index in [-0.39, 0.29) is 5.56 Å². The SMILES string of the molecule is CC(C)C1CCC(c2cc(=O)[nH]o2)CC1. The summed E-state index contributed by atoms with van der Waals surface area (Å²) in [6.45, 7) is 4.59. The lowest BCUT2D eigenvalue weighted by Gasteiger charge is -2.29. The summed E-state index contributed by atoms with van der Waals surface area (Å²) in [5.74, 6) is 2.94. The first-order chi connectivity index (χ1) is 7.16. The molecule has 1 aliphatic rings. The predicted octanol–water partition coefficient (Wildman–Crippen LogP) is 2.90. The molecule has 15 heavy (non-hydrogen) atoms. The summed E-state index contributed by atoms with van der Waals surface area (Å²) in [7, 11) is 0. The molecule has 0 radical (unpaired) electrons. The van der Waals surface area contributed by atoms with Crippen LogP contribution in [0, 0.1) is 11.8 Å².